The van der Waals surface area contributed by atoms with Crippen LogP contribution < -0.4 is 10.7 Å². The summed E-state index contributed by atoms with van der Waals surface area (Å²) in [6.07, 6.45) is 3.97. The molecule has 8 heteroatoms. The minimum atomic E-state index is -0.0149. The number of nitrogens with zero attached hydrogens (tertiary/aromatic N) is 6. The molecule has 0 saturated carbocycles. The molecule has 0 unspecified atom stereocenters. The molecule has 2 aliphatic heterocycles. The van der Waals surface area contributed by atoms with Gasteiger partial charge < -0.3 is 15.6 Å². The van der Waals surface area contributed by atoms with Gasteiger partial charge in [-0.1, -0.05) is 36.9 Å². The number of piperazine rings is 1. The van der Waals surface area contributed by atoms with E-state index in [4.69, 9.17) is 15.7 Å². The van der Waals surface area contributed by atoms with Crippen molar-refractivity contribution in [2.75, 3.05) is 23.8 Å². The van der Waals surface area contributed by atoms with E-state index in [2.05, 4.69) is 21.2 Å². The van der Waals surface area contributed by atoms with Gasteiger partial charge in [0, 0.05) is 18.3 Å². The first-order chi connectivity index (χ1) is 16.1. The molecule has 0 radical (unpaired) electrons. The Bertz CT molecular complexity index is 1380. The van der Waals surface area contributed by atoms with E-state index in [1.165, 1.54) is 6.08 Å². The van der Waals surface area contributed by atoms with Crippen molar-refractivity contribution in [1.29, 1.82) is 0 Å². The lowest BCUT2D eigenvalue weighted by molar-refractivity contribution is -0.127. The van der Waals surface area contributed by atoms with Crippen molar-refractivity contribution in [3.8, 4) is 22.6 Å². The van der Waals surface area contributed by atoms with Gasteiger partial charge in [-0.05, 0) is 36.8 Å². The number of nitrogens with two attached hydrogens (primary N) is 1. The molecule has 4 aromatic rings. The average molecular weight is 438 g/mol. The zero-order valence-corrected chi connectivity index (χ0v) is 18.0. The molecule has 2 saturated heterocycles. The molecule has 5 heterocycles. The molecule has 2 N–H and O–H groups in total. The van der Waals surface area contributed by atoms with Gasteiger partial charge in [0.25, 0.3) is 0 Å². The molecule has 1 amide bonds. The molecule has 6 rings (SSSR count). The molecule has 3 aromatic heterocycles. The van der Waals surface area contributed by atoms with Crippen molar-refractivity contribution in [2.24, 2.45) is 0 Å². The van der Waals surface area contributed by atoms with Crippen LogP contribution in [-0.4, -0.2) is 55.6 Å². The zero-order valence-electron chi connectivity index (χ0n) is 18.0. The second kappa shape index (κ2) is 7.44. The summed E-state index contributed by atoms with van der Waals surface area (Å²) in [5.74, 6) is 1.12. The largest absolute Gasteiger partial charge is 0.383 e. The molecular formula is C25H23N7O. The number of carbonyl (C=O) groups excluding carboxylic acids is 1. The van der Waals surface area contributed by atoms with Crippen LogP contribution in [0.1, 0.15) is 6.42 Å². The fourth-order valence-electron chi connectivity index (χ4n) is 5.02. The number of carbonyl (C=O) groups is 1. The van der Waals surface area contributed by atoms with Gasteiger partial charge in [-0.2, -0.15) is 0 Å². The van der Waals surface area contributed by atoms with Gasteiger partial charge in [0.15, 0.2) is 11.5 Å². The lowest BCUT2D eigenvalue weighted by Gasteiger charge is -2.36. The molecule has 0 aliphatic carbocycles. The van der Waals surface area contributed by atoms with Crippen LogP contribution in [0.2, 0.25) is 0 Å². The van der Waals surface area contributed by atoms with Gasteiger partial charge in [0.1, 0.15) is 11.3 Å². The summed E-state index contributed by atoms with van der Waals surface area (Å²) in [6, 6.07) is 18.2. The van der Waals surface area contributed by atoms with Crippen LogP contribution in [0.15, 0.2) is 73.4 Å². The third-order valence-electron chi connectivity index (χ3n) is 6.56. The van der Waals surface area contributed by atoms with Crippen molar-refractivity contribution in [3.63, 3.8) is 0 Å². The summed E-state index contributed by atoms with van der Waals surface area (Å²) < 4.78 is 2.08. The Labute approximate surface area is 191 Å². The number of hydrogen-bond donors (Lipinski definition) is 1. The maximum atomic E-state index is 12.3. The highest BCUT2D eigenvalue weighted by atomic mass is 16.2. The maximum absolute atomic E-state index is 12.3. The van der Waals surface area contributed by atoms with E-state index in [0.29, 0.717) is 24.7 Å². The van der Waals surface area contributed by atoms with E-state index >= 15 is 0 Å². The van der Waals surface area contributed by atoms with Crippen LogP contribution in [0, 0.1) is 0 Å². The number of fused-ring (bicyclic) bond motifs is 3. The molecule has 164 valence electrons. The van der Waals surface area contributed by atoms with Crippen LogP contribution in [0.3, 0.4) is 0 Å². The van der Waals surface area contributed by atoms with E-state index < -0.39 is 0 Å². The highest BCUT2D eigenvalue weighted by Gasteiger charge is 2.46. The molecule has 2 aliphatic rings. The SMILES string of the molecule is C=CC(=O)N1C[C@@H]2C[C@H]1CN2n1c(-c2cccnc2N)nc2ccc(-c3ccccc3)nc21. The number of pyridine rings is 2. The smallest absolute Gasteiger partial charge is 0.246 e. The Morgan fingerprint density at radius 1 is 1.03 bits per heavy atom. The summed E-state index contributed by atoms with van der Waals surface area (Å²) in [7, 11) is 0. The molecule has 0 spiro atoms. The molecule has 2 bridgehead atoms. The van der Waals surface area contributed by atoms with Gasteiger partial charge in [-0.3, -0.25) is 4.79 Å². The fraction of sp³-hybridized carbons (Fsp3) is 0.200. The summed E-state index contributed by atoms with van der Waals surface area (Å²) in [6.45, 7) is 4.99. The van der Waals surface area contributed by atoms with Gasteiger partial charge in [0.2, 0.25) is 5.91 Å². The van der Waals surface area contributed by atoms with Crippen LogP contribution in [-0.2, 0) is 4.79 Å². The molecule has 8 nitrogen and oxygen atoms in total. The van der Waals surface area contributed by atoms with Crippen LogP contribution in [0.5, 0.6) is 0 Å². The van der Waals surface area contributed by atoms with Gasteiger partial charge >= 0.3 is 0 Å². The van der Waals surface area contributed by atoms with Crippen LogP contribution >= 0.6 is 0 Å². The number of rotatable bonds is 4. The Morgan fingerprint density at radius 3 is 2.61 bits per heavy atom. The summed E-state index contributed by atoms with van der Waals surface area (Å²) in [4.78, 5) is 28.4. The van der Waals surface area contributed by atoms with Gasteiger partial charge in [-0.25, -0.2) is 19.6 Å². The number of anilines is 1. The molecule has 2 atom stereocenters. The third-order valence-corrected chi connectivity index (χ3v) is 6.56. The monoisotopic (exact) mass is 437 g/mol. The van der Waals surface area contributed by atoms with Crippen molar-refractivity contribution >= 4 is 22.9 Å². The van der Waals surface area contributed by atoms with Crippen molar-refractivity contribution in [1.82, 2.24) is 24.5 Å². The van der Waals surface area contributed by atoms with Crippen molar-refractivity contribution in [2.45, 2.75) is 18.5 Å². The lowest BCUT2D eigenvalue weighted by Crippen LogP contribution is -2.52. The van der Waals surface area contributed by atoms with E-state index in [1.54, 1.807) is 6.20 Å². The number of likely N-dealkylation sites (tertiary alicyclic amines) is 1. The quantitative estimate of drug-likeness (QED) is 0.494. The normalized spacial score (nSPS) is 19.4. The van der Waals surface area contributed by atoms with Crippen LogP contribution in [0.4, 0.5) is 5.82 Å². The Morgan fingerprint density at radius 2 is 1.88 bits per heavy atom. The van der Waals surface area contributed by atoms with Crippen molar-refractivity contribution in [3.05, 3.63) is 73.4 Å². The first-order valence-electron chi connectivity index (χ1n) is 11.0. The van der Waals surface area contributed by atoms with Crippen LogP contribution in [0.25, 0.3) is 33.8 Å². The zero-order chi connectivity index (χ0) is 22.5. The number of benzene rings is 1. The Hall–Kier alpha value is -4.20. The average Bonchev–Trinajstić information content (AvgIpc) is 3.56. The minimum absolute atomic E-state index is 0.0149. The fourth-order valence-corrected chi connectivity index (χ4v) is 5.02. The molecule has 2 fully saturated rings. The van der Waals surface area contributed by atoms with Gasteiger partial charge in [0.05, 0.1) is 29.9 Å². The minimum Gasteiger partial charge on any atom is -0.383 e. The lowest BCUT2D eigenvalue weighted by atomic mass is 10.1. The Kier molecular flexibility index (Phi) is 4.39. The third kappa shape index (κ3) is 3.06. The number of imidazole rings is 1. The molecular weight excluding hydrogens is 414 g/mol. The maximum Gasteiger partial charge on any atom is 0.246 e. The second-order valence-electron chi connectivity index (χ2n) is 8.45. The number of hydrogen-bond acceptors (Lipinski definition) is 6. The highest BCUT2D eigenvalue weighted by molar-refractivity contribution is 5.88. The number of nitrogen functional groups attached to an aromatic ring is 1. The topological polar surface area (TPSA) is 93.2 Å². The predicted molar refractivity (Wildman–Crippen MR) is 128 cm³/mol. The summed E-state index contributed by atoms with van der Waals surface area (Å²) in [5.41, 5.74) is 10.5. The first-order valence-corrected chi connectivity index (χ1v) is 11.0. The number of amides is 1. The van der Waals surface area contributed by atoms with E-state index in [0.717, 1.165) is 34.4 Å². The summed E-state index contributed by atoms with van der Waals surface area (Å²) in [5, 5.41) is 2.27. The first kappa shape index (κ1) is 19.5. The predicted octanol–water partition coefficient (Wildman–Crippen LogP) is 2.85. The van der Waals surface area contributed by atoms with E-state index in [-0.39, 0.29) is 18.0 Å². The van der Waals surface area contributed by atoms with E-state index in [9.17, 15) is 4.79 Å². The second-order valence-corrected chi connectivity index (χ2v) is 8.45. The Balaban J connectivity index is 1.51. The highest BCUT2D eigenvalue weighted by Crippen LogP contribution is 2.35. The van der Waals surface area contributed by atoms with Gasteiger partial charge in [-0.15, -0.1) is 0 Å². The summed E-state index contributed by atoms with van der Waals surface area (Å²) >= 11 is 0. The van der Waals surface area contributed by atoms with E-state index in [1.807, 2.05) is 59.5 Å². The number of aromatic nitrogens is 4. The molecule has 1 aromatic carbocycles. The standard InChI is InChI=1S/C25H23N7O/c1-2-22(33)30-14-18-13-17(30)15-31(18)32-24(19-9-6-12-27-23(19)26)29-21-11-10-20(28-25(21)32)16-7-4-3-5-8-16/h2-12,17-18H,1,13-15H2,(H2,26,27)/t17-,18-/m0/s1. The molecule has 33 heavy (non-hydrogen) atoms. The van der Waals surface area contributed by atoms with Crippen molar-refractivity contribution < 1.29 is 4.79 Å².